The number of esters is 2. The highest BCUT2D eigenvalue weighted by atomic mass is 35.5. The van der Waals surface area contributed by atoms with Gasteiger partial charge in [-0.05, 0) is 35.6 Å². The van der Waals surface area contributed by atoms with Crippen molar-refractivity contribution in [3.63, 3.8) is 0 Å². The first kappa shape index (κ1) is 22.4. The minimum absolute atomic E-state index is 0.0847. The van der Waals surface area contributed by atoms with Crippen LogP contribution in [-0.2, 0) is 19.1 Å². The third-order valence-electron chi connectivity index (χ3n) is 5.36. The molecule has 0 bridgehead atoms. The number of benzene rings is 2. The summed E-state index contributed by atoms with van der Waals surface area (Å²) in [6, 6.07) is 18.1. The molecule has 0 saturated heterocycles. The van der Waals surface area contributed by atoms with Crippen LogP contribution in [0.3, 0.4) is 0 Å². The van der Waals surface area contributed by atoms with Gasteiger partial charge in [0.2, 0.25) is 6.10 Å². The van der Waals surface area contributed by atoms with E-state index in [0.717, 1.165) is 0 Å². The summed E-state index contributed by atoms with van der Waals surface area (Å²) in [5.41, 5.74) is 0.0474. The van der Waals surface area contributed by atoms with Crippen LogP contribution in [0.5, 0.6) is 11.5 Å². The van der Waals surface area contributed by atoms with Crippen LogP contribution in [0.1, 0.15) is 25.5 Å². The minimum Gasteiger partial charge on any atom is -0.465 e. The molecule has 3 atom stereocenters. The number of nitriles is 1. The van der Waals surface area contributed by atoms with Crippen molar-refractivity contribution in [1.82, 2.24) is 0 Å². The summed E-state index contributed by atoms with van der Waals surface area (Å²) >= 11 is 5.94. The Balaban J connectivity index is 1.71. The van der Waals surface area contributed by atoms with Gasteiger partial charge in [-0.1, -0.05) is 61.9 Å². The van der Waals surface area contributed by atoms with E-state index in [4.69, 9.17) is 21.1 Å². The molecule has 0 unspecified atom stereocenters. The molecule has 0 spiro atoms. The van der Waals surface area contributed by atoms with E-state index >= 15 is 0 Å². The van der Waals surface area contributed by atoms with Crippen LogP contribution < -0.4 is 4.74 Å². The minimum atomic E-state index is -1.09. The second-order valence-electron chi connectivity index (χ2n) is 7.76. The molecule has 160 valence electrons. The van der Waals surface area contributed by atoms with Crippen LogP contribution in [0.2, 0.25) is 0 Å². The average molecular weight is 440 g/mol. The van der Waals surface area contributed by atoms with Crippen molar-refractivity contribution in [2.24, 2.45) is 17.3 Å². The molecular weight excluding hydrogens is 418 g/mol. The molecule has 31 heavy (non-hydrogen) atoms. The standard InChI is InChI=1S/C24H22ClNO5/c1-24(2)18(13-19(25)22(27)29-3)21(24)23(28)31-20(14-26)15-8-7-11-17(12-15)30-16-9-5-4-6-10-16/h4-13,18,20-21H,1-3H3/b19-13+/t18-,20+,21-/m0/s1. The molecule has 0 N–H and O–H groups in total. The second kappa shape index (κ2) is 9.23. The normalized spacial score (nSPS) is 20.2. The van der Waals surface area contributed by atoms with Gasteiger partial charge in [0.15, 0.2) is 0 Å². The third-order valence-corrected chi connectivity index (χ3v) is 5.64. The Labute approximate surface area is 186 Å². The first-order chi connectivity index (χ1) is 14.8. The number of halogens is 1. The Morgan fingerprint density at radius 3 is 2.45 bits per heavy atom. The number of nitrogens with zero attached hydrogens (tertiary/aromatic N) is 1. The van der Waals surface area contributed by atoms with E-state index < -0.39 is 29.4 Å². The van der Waals surface area contributed by atoms with Crippen molar-refractivity contribution in [2.75, 3.05) is 7.11 Å². The Morgan fingerprint density at radius 1 is 1.13 bits per heavy atom. The Bertz CT molecular complexity index is 1040. The molecular formula is C24H22ClNO5. The zero-order valence-electron chi connectivity index (χ0n) is 17.4. The van der Waals surface area contributed by atoms with E-state index in [9.17, 15) is 14.9 Å². The van der Waals surface area contributed by atoms with Gasteiger partial charge in [-0.25, -0.2) is 4.79 Å². The second-order valence-corrected chi connectivity index (χ2v) is 8.17. The zero-order chi connectivity index (χ0) is 22.6. The molecule has 3 rings (SSSR count). The van der Waals surface area contributed by atoms with Crippen LogP contribution in [0.15, 0.2) is 65.7 Å². The van der Waals surface area contributed by atoms with Crippen molar-refractivity contribution in [2.45, 2.75) is 20.0 Å². The molecule has 2 aromatic carbocycles. The van der Waals surface area contributed by atoms with Crippen molar-refractivity contribution in [1.29, 1.82) is 5.26 Å². The molecule has 0 aliphatic heterocycles. The summed E-state index contributed by atoms with van der Waals surface area (Å²) in [5.74, 6) is -0.827. The number of carbonyl (C=O) groups is 2. The van der Waals surface area contributed by atoms with Crippen molar-refractivity contribution >= 4 is 23.5 Å². The molecule has 0 amide bonds. The largest absolute Gasteiger partial charge is 0.465 e. The molecule has 0 heterocycles. The average Bonchev–Trinajstić information content (AvgIpc) is 3.31. The molecule has 7 heteroatoms. The number of hydrogen-bond acceptors (Lipinski definition) is 6. The smallest absolute Gasteiger partial charge is 0.349 e. The van der Waals surface area contributed by atoms with E-state index in [-0.39, 0.29) is 11.0 Å². The molecule has 1 fully saturated rings. The summed E-state index contributed by atoms with van der Waals surface area (Å²) in [6.07, 6.45) is 0.415. The monoisotopic (exact) mass is 439 g/mol. The first-order valence-corrected chi connectivity index (χ1v) is 10.0. The lowest BCUT2D eigenvalue weighted by Gasteiger charge is -2.13. The summed E-state index contributed by atoms with van der Waals surface area (Å²) in [6.45, 7) is 3.74. The van der Waals surface area contributed by atoms with E-state index in [1.165, 1.54) is 13.2 Å². The lowest BCUT2D eigenvalue weighted by Crippen LogP contribution is -2.14. The molecule has 2 aromatic rings. The third kappa shape index (κ3) is 5.07. The fraction of sp³-hybridized carbons (Fsp3) is 0.292. The molecule has 1 saturated carbocycles. The van der Waals surface area contributed by atoms with E-state index in [0.29, 0.717) is 17.1 Å². The summed E-state index contributed by atoms with van der Waals surface area (Å²) in [5, 5.41) is 9.51. The number of carbonyl (C=O) groups excluding carboxylic acids is 2. The summed E-state index contributed by atoms with van der Waals surface area (Å²) in [4.78, 5) is 24.3. The molecule has 0 radical (unpaired) electrons. The van der Waals surface area contributed by atoms with Gasteiger partial charge in [0.05, 0.1) is 13.0 Å². The number of allylic oxidation sites excluding steroid dienone is 1. The van der Waals surface area contributed by atoms with Crippen molar-refractivity contribution in [3.05, 3.63) is 71.3 Å². The van der Waals surface area contributed by atoms with Crippen LogP contribution in [0, 0.1) is 28.6 Å². The van der Waals surface area contributed by atoms with Gasteiger partial charge in [-0.3, -0.25) is 4.79 Å². The Kier molecular flexibility index (Phi) is 6.67. The fourth-order valence-corrected chi connectivity index (χ4v) is 3.70. The zero-order valence-corrected chi connectivity index (χ0v) is 18.1. The number of methoxy groups -OCH3 is 1. The topological polar surface area (TPSA) is 85.6 Å². The van der Waals surface area contributed by atoms with Crippen LogP contribution >= 0.6 is 11.6 Å². The van der Waals surface area contributed by atoms with E-state index in [1.54, 1.807) is 24.3 Å². The predicted octanol–water partition coefficient (Wildman–Crippen LogP) is 5.15. The highest BCUT2D eigenvalue weighted by Gasteiger charge is 2.62. The van der Waals surface area contributed by atoms with E-state index in [1.807, 2.05) is 50.2 Å². The Morgan fingerprint density at radius 2 is 1.81 bits per heavy atom. The van der Waals surface area contributed by atoms with Crippen molar-refractivity contribution in [3.8, 4) is 17.6 Å². The van der Waals surface area contributed by atoms with Gasteiger partial charge >= 0.3 is 11.9 Å². The SMILES string of the molecule is COC(=O)/C(Cl)=C\[C@H]1[C@@H](C(=O)O[C@H](C#N)c2cccc(Oc3ccccc3)c2)C1(C)C. The fourth-order valence-electron chi connectivity index (χ4n) is 3.49. The molecule has 0 aromatic heterocycles. The van der Waals surface area contributed by atoms with Crippen LogP contribution in [0.25, 0.3) is 0 Å². The van der Waals surface area contributed by atoms with Crippen molar-refractivity contribution < 1.29 is 23.8 Å². The molecule has 1 aliphatic rings. The maximum atomic E-state index is 12.8. The summed E-state index contributed by atoms with van der Waals surface area (Å²) in [7, 11) is 1.23. The number of para-hydroxylation sites is 1. The highest BCUT2D eigenvalue weighted by Crippen LogP contribution is 2.60. The van der Waals surface area contributed by atoms with Crippen LogP contribution in [-0.4, -0.2) is 19.0 Å². The Hall–Kier alpha value is -3.30. The predicted molar refractivity (Wildman–Crippen MR) is 114 cm³/mol. The highest BCUT2D eigenvalue weighted by molar-refractivity contribution is 6.41. The van der Waals surface area contributed by atoms with Gasteiger partial charge < -0.3 is 14.2 Å². The maximum absolute atomic E-state index is 12.8. The lowest BCUT2D eigenvalue weighted by molar-refractivity contribution is -0.149. The number of rotatable bonds is 7. The summed E-state index contributed by atoms with van der Waals surface area (Å²) < 4.78 is 15.9. The number of ether oxygens (including phenoxy) is 3. The van der Waals surface area contributed by atoms with Crippen LogP contribution in [0.4, 0.5) is 0 Å². The number of hydrogen-bond donors (Lipinski definition) is 0. The molecule has 6 nitrogen and oxygen atoms in total. The van der Waals surface area contributed by atoms with Gasteiger partial charge in [0.1, 0.15) is 22.6 Å². The maximum Gasteiger partial charge on any atom is 0.349 e. The lowest BCUT2D eigenvalue weighted by atomic mass is 10.1. The van der Waals surface area contributed by atoms with Gasteiger partial charge in [-0.15, -0.1) is 0 Å². The first-order valence-electron chi connectivity index (χ1n) is 9.66. The van der Waals surface area contributed by atoms with E-state index in [2.05, 4.69) is 4.74 Å². The van der Waals surface area contributed by atoms with Gasteiger partial charge in [0.25, 0.3) is 0 Å². The molecule has 1 aliphatic carbocycles. The van der Waals surface area contributed by atoms with Gasteiger partial charge in [-0.2, -0.15) is 5.26 Å². The quantitative estimate of drug-likeness (QED) is 0.437. The van der Waals surface area contributed by atoms with Gasteiger partial charge in [0, 0.05) is 5.56 Å².